The molecule has 1 aromatic rings. The quantitative estimate of drug-likeness (QED) is 0.365. The maximum atomic E-state index is 8.48. The molecule has 0 saturated heterocycles. The van der Waals surface area contributed by atoms with Gasteiger partial charge in [0.1, 0.15) is 0 Å². The molecule has 0 bridgehead atoms. The maximum Gasteiger partial charge on any atom is 0.183 e. The van der Waals surface area contributed by atoms with E-state index in [0.29, 0.717) is 5.17 Å². The molecule has 1 aromatic carbocycles. The van der Waals surface area contributed by atoms with Crippen molar-refractivity contribution in [1.29, 1.82) is 5.26 Å². The Hall–Kier alpha value is -0.510. The summed E-state index contributed by atoms with van der Waals surface area (Å²) in [5, 5.41) is 11.6. The Kier molecular flexibility index (Phi) is 5.15. The van der Waals surface area contributed by atoms with Gasteiger partial charge in [0.15, 0.2) is 11.4 Å². The van der Waals surface area contributed by atoms with E-state index in [0.717, 1.165) is 14.6 Å². The van der Waals surface area contributed by atoms with Crippen LogP contribution in [0.5, 0.6) is 0 Å². The zero-order chi connectivity index (χ0) is 11.3. The van der Waals surface area contributed by atoms with Gasteiger partial charge < -0.3 is 0 Å². The van der Waals surface area contributed by atoms with Crippen LogP contribution in [0.25, 0.3) is 0 Å². The number of nitrogens with one attached hydrogen (secondary N) is 1. The van der Waals surface area contributed by atoms with Crippen molar-refractivity contribution in [3.8, 4) is 6.19 Å². The lowest BCUT2D eigenvalue weighted by molar-refractivity contribution is 1.28. The molecule has 3 nitrogen and oxygen atoms in total. The topological polar surface area (TPSA) is 48.2 Å². The van der Waals surface area contributed by atoms with E-state index in [2.05, 4.69) is 42.2 Å². The third-order valence-electron chi connectivity index (χ3n) is 1.43. The zero-order valence-corrected chi connectivity index (χ0v) is 11.8. The number of nitrogens with zero attached hydrogens (tertiary/aromatic N) is 2. The average Bonchev–Trinajstić information content (AvgIpc) is 2.15. The van der Waals surface area contributed by atoms with Crippen molar-refractivity contribution in [3.05, 3.63) is 27.1 Å². The predicted molar refractivity (Wildman–Crippen MR) is 71.2 cm³/mol. The summed E-state index contributed by atoms with van der Waals surface area (Å²) in [7, 11) is 0. The molecule has 0 aliphatic heterocycles. The molecule has 0 heterocycles. The van der Waals surface area contributed by atoms with E-state index in [1.165, 1.54) is 11.8 Å². The number of rotatable bonds is 1. The van der Waals surface area contributed by atoms with Crippen LogP contribution in [0.3, 0.4) is 0 Å². The fraction of sp³-hybridized carbons (Fsp3) is 0.111. The molecule has 15 heavy (non-hydrogen) atoms. The fourth-order valence-corrected chi connectivity index (χ4v) is 2.51. The van der Waals surface area contributed by atoms with Gasteiger partial charge in [0.05, 0.1) is 5.69 Å². The summed E-state index contributed by atoms with van der Waals surface area (Å²) >= 11 is 8.13. The van der Waals surface area contributed by atoms with Crippen molar-refractivity contribution >= 4 is 54.5 Å². The number of aliphatic imine (C=N–C) groups is 1. The van der Waals surface area contributed by atoms with Crippen LogP contribution in [-0.4, -0.2) is 11.4 Å². The first kappa shape index (κ1) is 12.6. The van der Waals surface area contributed by atoms with Crippen molar-refractivity contribution in [1.82, 2.24) is 5.32 Å². The van der Waals surface area contributed by atoms with Gasteiger partial charge in [-0.1, -0.05) is 43.6 Å². The molecule has 0 aliphatic carbocycles. The maximum absolute atomic E-state index is 8.48. The van der Waals surface area contributed by atoms with Crippen LogP contribution in [-0.2, 0) is 0 Å². The molecule has 0 aromatic heterocycles. The van der Waals surface area contributed by atoms with Crippen LogP contribution < -0.4 is 5.32 Å². The van der Waals surface area contributed by atoms with Crippen molar-refractivity contribution < 1.29 is 0 Å². The molecule has 78 valence electrons. The molecule has 6 heteroatoms. The summed E-state index contributed by atoms with van der Waals surface area (Å²) in [6.07, 6.45) is 3.70. The zero-order valence-electron chi connectivity index (χ0n) is 7.79. The largest absolute Gasteiger partial charge is 0.271 e. The van der Waals surface area contributed by atoms with E-state index in [4.69, 9.17) is 5.26 Å². The van der Waals surface area contributed by atoms with Crippen molar-refractivity contribution in [2.75, 3.05) is 6.26 Å². The predicted octanol–water partition coefficient (Wildman–Crippen LogP) is 3.63. The lowest BCUT2D eigenvalue weighted by atomic mass is 10.3. The Morgan fingerprint density at radius 3 is 2.47 bits per heavy atom. The molecule has 0 unspecified atom stereocenters. The van der Waals surface area contributed by atoms with Crippen molar-refractivity contribution in [2.24, 2.45) is 4.99 Å². The molecular weight excluding hydrogens is 342 g/mol. The number of hydrogen-bond acceptors (Lipinski definition) is 3. The highest BCUT2D eigenvalue weighted by Crippen LogP contribution is 2.25. The van der Waals surface area contributed by atoms with E-state index >= 15 is 0 Å². The van der Waals surface area contributed by atoms with Gasteiger partial charge in [-0.3, -0.25) is 5.32 Å². The van der Waals surface area contributed by atoms with E-state index < -0.39 is 0 Å². The van der Waals surface area contributed by atoms with Gasteiger partial charge in [0.25, 0.3) is 0 Å². The van der Waals surface area contributed by atoms with Gasteiger partial charge in [-0.05, 0) is 24.5 Å². The second-order valence-electron chi connectivity index (χ2n) is 2.49. The lowest BCUT2D eigenvalue weighted by Crippen LogP contribution is -2.12. The molecule has 0 fully saturated rings. The van der Waals surface area contributed by atoms with Gasteiger partial charge in [-0.2, -0.15) is 5.26 Å². The monoisotopic (exact) mass is 347 g/mol. The number of benzene rings is 1. The second kappa shape index (κ2) is 6.16. The normalized spacial score (nSPS) is 10.9. The van der Waals surface area contributed by atoms with Crippen LogP contribution in [0.1, 0.15) is 0 Å². The summed E-state index contributed by atoms with van der Waals surface area (Å²) in [6.45, 7) is 0. The molecule has 0 atom stereocenters. The molecule has 0 aliphatic rings. The number of thioether (sulfide) groups is 1. The average molecular weight is 349 g/mol. The molecule has 1 rings (SSSR count). The first-order valence-electron chi connectivity index (χ1n) is 3.89. The first-order valence-corrected chi connectivity index (χ1v) is 6.70. The standard InChI is InChI=1S/C9H7Br2N3S/c1-15-9(13-5-12)14-8-3-6(10)2-7(11)4-8/h2-4H,1H3,(H,13,14). The smallest absolute Gasteiger partial charge is 0.183 e. The number of hydrogen-bond donors (Lipinski definition) is 1. The highest BCUT2D eigenvalue weighted by atomic mass is 79.9. The van der Waals surface area contributed by atoms with Gasteiger partial charge in [-0.15, -0.1) is 0 Å². The van der Waals surface area contributed by atoms with Crippen LogP contribution >= 0.6 is 43.6 Å². The summed E-state index contributed by atoms with van der Waals surface area (Å²) in [6, 6.07) is 5.68. The molecular formula is C9H7Br2N3S. The Morgan fingerprint density at radius 1 is 1.40 bits per heavy atom. The van der Waals surface area contributed by atoms with E-state index in [-0.39, 0.29) is 0 Å². The number of amidine groups is 1. The van der Waals surface area contributed by atoms with Crippen LogP contribution in [0.15, 0.2) is 32.1 Å². The Bertz CT molecular complexity index is 406. The molecule has 0 spiro atoms. The van der Waals surface area contributed by atoms with Gasteiger partial charge in [0.2, 0.25) is 0 Å². The van der Waals surface area contributed by atoms with Crippen molar-refractivity contribution in [3.63, 3.8) is 0 Å². The first-order chi connectivity index (χ1) is 7.15. The van der Waals surface area contributed by atoms with Gasteiger partial charge >= 0.3 is 0 Å². The highest BCUT2D eigenvalue weighted by molar-refractivity contribution is 9.11. The van der Waals surface area contributed by atoms with Gasteiger partial charge in [0, 0.05) is 8.95 Å². The molecule has 0 amide bonds. The van der Waals surface area contributed by atoms with E-state index in [1.807, 2.05) is 30.6 Å². The minimum atomic E-state index is 0.572. The molecule has 0 radical (unpaired) electrons. The minimum Gasteiger partial charge on any atom is -0.271 e. The summed E-state index contributed by atoms with van der Waals surface area (Å²) < 4.78 is 1.88. The number of nitriles is 1. The Morgan fingerprint density at radius 2 is 2.00 bits per heavy atom. The number of halogens is 2. The summed E-state index contributed by atoms with van der Waals surface area (Å²) in [4.78, 5) is 4.27. The van der Waals surface area contributed by atoms with Crippen LogP contribution in [0.2, 0.25) is 0 Å². The summed E-state index contributed by atoms with van der Waals surface area (Å²) in [5.74, 6) is 0. The van der Waals surface area contributed by atoms with E-state index in [1.54, 1.807) is 0 Å². The second-order valence-corrected chi connectivity index (χ2v) is 5.11. The summed E-state index contributed by atoms with van der Waals surface area (Å²) in [5.41, 5.74) is 0.781. The van der Waals surface area contributed by atoms with Crippen LogP contribution in [0.4, 0.5) is 5.69 Å². The van der Waals surface area contributed by atoms with Crippen LogP contribution in [0, 0.1) is 11.5 Å². The third kappa shape index (κ3) is 4.24. The molecule has 0 saturated carbocycles. The lowest BCUT2D eigenvalue weighted by Gasteiger charge is -2.01. The van der Waals surface area contributed by atoms with Crippen molar-refractivity contribution in [2.45, 2.75) is 0 Å². The minimum absolute atomic E-state index is 0.572. The molecule has 1 N–H and O–H groups in total. The van der Waals surface area contributed by atoms with E-state index in [9.17, 15) is 0 Å². The fourth-order valence-electron chi connectivity index (χ4n) is 0.894. The van der Waals surface area contributed by atoms with Gasteiger partial charge in [-0.25, -0.2) is 4.99 Å². The third-order valence-corrected chi connectivity index (χ3v) is 2.93. The Balaban J connectivity index is 3.01. The Labute approximate surface area is 109 Å². The highest BCUT2D eigenvalue weighted by Gasteiger charge is 1.99. The SMILES string of the molecule is CSC(=Nc1cc(Br)cc(Br)c1)NC#N.